The lowest BCUT2D eigenvalue weighted by Gasteiger charge is -2.19. The van der Waals surface area contributed by atoms with Gasteiger partial charge in [0.05, 0.1) is 22.9 Å². The Bertz CT molecular complexity index is 1270. The van der Waals surface area contributed by atoms with Crippen molar-refractivity contribution in [3.8, 4) is 10.4 Å². The lowest BCUT2D eigenvalue weighted by molar-refractivity contribution is -0.143. The van der Waals surface area contributed by atoms with Gasteiger partial charge in [0.1, 0.15) is 12.2 Å². The number of esters is 1. The van der Waals surface area contributed by atoms with E-state index in [9.17, 15) is 14.4 Å². The molecule has 9 nitrogen and oxygen atoms in total. The highest BCUT2D eigenvalue weighted by molar-refractivity contribution is 7.15. The van der Waals surface area contributed by atoms with Crippen molar-refractivity contribution >= 4 is 29.5 Å². The number of ether oxygens (including phenoxy) is 3. The molecule has 1 aromatic heterocycles. The molecule has 3 rings (SSSR count). The van der Waals surface area contributed by atoms with Gasteiger partial charge in [0.2, 0.25) is 0 Å². The van der Waals surface area contributed by atoms with Crippen LogP contribution in [0.3, 0.4) is 0 Å². The minimum Gasteiger partial charge on any atom is -0.466 e. The summed E-state index contributed by atoms with van der Waals surface area (Å²) in [5.41, 5.74) is 2.78. The molecule has 0 aliphatic rings. The molecule has 2 amide bonds. The lowest BCUT2D eigenvalue weighted by Crippen LogP contribution is -2.33. The number of hydrogen-bond acceptors (Lipinski definition) is 8. The number of amides is 2. The first-order valence-corrected chi connectivity index (χ1v) is 15.6. The summed E-state index contributed by atoms with van der Waals surface area (Å²) >= 11 is 1.58. The van der Waals surface area contributed by atoms with E-state index in [2.05, 4.69) is 39.9 Å². The van der Waals surface area contributed by atoms with Gasteiger partial charge in [0.15, 0.2) is 0 Å². The van der Waals surface area contributed by atoms with Crippen LogP contribution in [0.2, 0.25) is 0 Å². The average Bonchev–Trinajstić information content (AvgIpc) is 3.46. The predicted octanol–water partition coefficient (Wildman–Crippen LogP) is 6.84. The Morgan fingerprint density at radius 3 is 2.21 bits per heavy atom. The van der Waals surface area contributed by atoms with Crippen LogP contribution < -0.4 is 10.6 Å². The van der Waals surface area contributed by atoms with E-state index in [4.69, 9.17) is 14.2 Å². The van der Waals surface area contributed by atoms with Crippen molar-refractivity contribution in [1.29, 1.82) is 0 Å². The average molecular weight is 610 g/mol. The Morgan fingerprint density at radius 2 is 1.49 bits per heavy atom. The summed E-state index contributed by atoms with van der Waals surface area (Å²) in [7, 11) is 0. The van der Waals surface area contributed by atoms with Gasteiger partial charge in [-0.3, -0.25) is 4.79 Å². The van der Waals surface area contributed by atoms with E-state index in [0.717, 1.165) is 40.3 Å². The van der Waals surface area contributed by atoms with Crippen molar-refractivity contribution in [2.75, 3.05) is 19.7 Å². The molecule has 0 unspecified atom stereocenters. The maximum atomic E-state index is 12.1. The summed E-state index contributed by atoms with van der Waals surface area (Å²) in [5, 5.41) is 6.39. The summed E-state index contributed by atoms with van der Waals surface area (Å²) in [6, 6.07) is 18.0. The van der Waals surface area contributed by atoms with E-state index in [1.807, 2.05) is 57.3 Å². The van der Waals surface area contributed by atoms with Crippen LogP contribution >= 0.6 is 11.3 Å². The van der Waals surface area contributed by atoms with Gasteiger partial charge in [0.25, 0.3) is 0 Å². The quantitative estimate of drug-likeness (QED) is 0.104. The molecule has 0 aliphatic carbocycles. The second-order valence-electron chi connectivity index (χ2n) is 11.1. The molecule has 43 heavy (non-hydrogen) atoms. The smallest absolute Gasteiger partial charge is 0.407 e. The van der Waals surface area contributed by atoms with Crippen molar-refractivity contribution < 1.29 is 28.6 Å². The fourth-order valence-electron chi connectivity index (χ4n) is 4.01. The number of carbonyl (C=O) groups excluding carboxylic acids is 3. The lowest BCUT2D eigenvalue weighted by atomic mass is 10.1. The molecule has 0 saturated carbocycles. The highest BCUT2D eigenvalue weighted by Crippen LogP contribution is 2.27. The van der Waals surface area contributed by atoms with E-state index >= 15 is 0 Å². The predicted molar refractivity (Wildman–Crippen MR) is 168 cm³/mol. The van der Waals surface area contributed by atoms with Crippen LogP contribution in [0.25, 0.3) is 10.4 Å². The number of nitrogens with zero attached hydrogens (tertiary/aromatic N) is 1. The zero-order chi connectivity index (χ0) is 30.9. The Morgan fingerprint density at radius 1 is 0.791 bits per heavy atom. The summed E-state index contributed by atoms with van der Waals surface area (Å²) in [6.07, 6.45) is 5.95. The number of rotatable bonds is 16. The van der Waals surface area contributed by atoms with Crippen molar-refractivity contribution in [1.82, 2.24) is 15.6 Å². The number of nitrogens with one attached hydrogen (secondary N) is 2. The number of alkyl carbamates (subject to hydrolysis) is 2. The van der Waals surface area contributed by atoms with Crippen LogP contribution in [0.4, 0.5) is 9.59 Å². The van der Waals surface area contributed by atoms with Gasteiger partial charge in [-0.1, -0.05) is 54.6 Å². The van der Waals surface area contributed by atoms with Crippen molar-refractivity contribution in [2.45, 2.75) is 77.9 Å². The largest absolute Gasteiger partial charge is 0.466 e. The molecule has 3 aromatic rings. The molecule has 0 bridgehead atoms. The zero-order valence-corrected chi connectivity index (χ0v) is 26.2. The van der Waals surface area contributed by atoms with E-state index in [-0.39, 0.29) is 19.0 Å². The molecule has 2 aromatic carbocycles. The fraction of sp³-hybridized carbons (Fsp3) is 0.455. The molecule has 10 heteroatoms. The van der Waals surface area contributed by atoms with Crippen LogP contribution in [0.5, 0.6) is 0 Å². The normalized spacial score (nSPS) is 11.0. The third-order valence-electron chi connectivity index (χ3n) is 6.21. The fourth-order valence-corrected chi connectivity index (χ4v) is 4.94. The van der Waals surface area contributed by atoms with Gasteiger partial charge in [-0.15, -0.1) is 11.3 Å². The number of aromatic nitrogens is 1. The first-order valence-electron chi connectivity index (χ1n) is 14.8. The maximum Gasteiger partial charge on any atom is 0.407 e. The van der Waals surface area contributed by atoms with E-state index in [0.29, 0.717) is 39.0 Å². The maximum absolute atomic E-state index is 12.1. The summed E-state index contributed by atoms with van der Waals surface area (Å²) < 4.78 is 15.7. The third-order valence-corrected chi connectivity index (χ3v) is 7.32. The van der Waals surface area contributed by atoms with Crippen LogP contribution in [-0.2, 0) is 38.5 Å². The number of benzene rings is 2. The molecule has 0 saturated heterocycles. The van der Waals surface area contributed by atoms with E-state index < -0.39 is 17.8 Å². The molecule has 0 spiro atoms. The van der Waals surface area contributed by atoms with Gasteiger partial charge in [-0.2, -0.15) is 0 Å². The number of thiazole rings is 1. The molecule has 0 aliphatic heterocycles. The molecule has 0 fully saturated rings. The standard InChI is InChI=1S/C33H43N3O6S/c1-33(2,3)42-32(39)35-21-9-10-22-40-30(37)19-18-29-36-23-28(43-29)27-16-14-25(15-17-27)11-7-8-20-34-31(38)41-24-26-12-5-4-6-13-26/h4-6,12-17,23H,7-11,18-22,24H2,1-3H3,(H,34,38)(H,35,39). The molecule has 0 radical (unpaired) electrons. The summed E-state index contributed by atoms with van der Waals surface area (Å²) in [6.45, 7) is 7.09. The summed E-state index contributed by atoms with van der Waals surface area (Å²) in [4.78, 5) is 41.1. The summed E-state index contributed by atoms with van der Waals surface area (Å²) in [5.74, 6) is -0.250. The second kappa shape index (κ2) is 17.9. The Hall–Kier alpha value is -3.92. The molecule has 1 heterocycles. The van der Waals surface area contributed by atoms with Crippen molar-refractivity contribution in [3.05, 3.63) is 76.9 Å². The van der Waals surface area contributed by atoms with Crippen LogP contribution in [0.1, 0.15) is 69.0 Å². The van der Waals surface area contributed by atoms with Crippen LogP contribution in [0, 0.1) is 0 Å². The highest BCUT2D eigenvalue weighted by atomic mass is 32.1. The number of unbranched alkanes of at least 4 members (excludes halogenated alkanes) is 2. The van der Waals surface area contributed by atoms with Crippen molar-refractivity contribution in [3.63, 3.8) is 0 Å². The molecular formula is C33H43N3O6S. The third kappa shape index (κ3) is 14.2. The van der Waals surface area contributed by atoms with E-state index in [1.165, 1.54) is 5.56 Å². The van der Waals surface area contributed by atoms with Gasteiger partial charge < -0.3 is 24.8 Å². The number of carbonyl (C=O) groups is 3. The Balaban J connectivity index is 1.25. The molecule has 2 N–H and O–H groups in total. The first-order chi connectivity index (χ1) is 20.7. The molecule has 232 valence electrons. The number of aryl methyl sites for hydroxylation is 2. The number of hydrogen-bond donors (Lipinski definition) is 2. The minimum atomic E-state index is -0.522. The van der Waals surface area contributed by atoms with Crippen LogP contribution in [-0.4, -0.2) is 48.4 Å². The SMILES string of the molecule is CC(C)(C)OC(=O)NCCCCOC(=O)CCc1ncc(-c2ccc(CCCCNC(=O)OCc3ccccc3)cc2)s1. The monoisotopic (exact) mass is 609 g/mol. The topological polar surface area (TPSA) is 116 Å². The van der Waals surface area contributed by atoms with Crippen LogP contribution in [0.15, 0.2) is 60.8 Å². The highest BCUT2D eigenvalue weighted by Gasteiger charge is 2.15. The van der Waals surface area contributed by atoms with Gasteiger partial charge in [-0.05, 0) is 69.6 Å². The zero-order valence-electron chi connectivity index (χ0n) is 25.4. The minimum absolute atomic E-state index is 0.250. The second-order valence-corrected chi connectivity index (χ2v) is 12.2. The Labute approximate surface area is 258 Å². The van der Waals surface area contributed by atoms with Crippen molar-refractivity contribution in [2.24, 2.45) is 0 Å². The van der Waals surface area contributed by atoms with E-state index in [1.54, 1.807) is 11.3 Å². The van der Waals surface area contributed by atoms with Gasteiger partial charge >= 0.3 is 18.2 Å². The Kier molecular flexibility index (Phi) is 14.0. The van der Waals surface area contributed by atoms with Gasteiger partial charge in [0, 0.05) is 25.7 Å². The first kappa shape index (κ1) is 33.6. The van der Waals surface area contributed by atoms with Gasteiger partial charge in [-0.25, -0.2) is 14.6 Å². The molecule has 0 atom stereocenters. The molecular weight excluding hydrogens is 566 g/mol.